The second kappa shape index (κ2) is 7.38. The Morgan fingerprint density at radius 3 is 2.58 bits per heavy atom. The Morgan fingerprint density at radius 2 is 1.79 bits per heavy atom. The van der Waals surface area contributed by atoms with Gasteiger partial charge < -0.3 is 14.6 Å². The van der Waals surface area contributed by atoms with Gasteiger partial charge in [0.05, 0.1) is 19.8 Å². The van der Waals surface area contributed by atoms with Crippen LogP contribution in [-0.4, -0.2) is 37.8 Å². The summed E-state index contributed by atoms with van der Waals surface area (Å²) in [4.78, 5) is 1.17. The van der Waals surface area contributed by atoms with Crippen LogP contribution in [-0.2, 0) is 9.47 Å². The van der Waals surface area contributed by atoms with E-state index >= 15 is 0 Å². The number of thioether (sulfide) groups is 1. The molecular formula is C15H18O3S. The number of fused-ring (bicyclic) bond motifs is 1. The van der Waals surface area contributed by atoms with Crippen molar-refractivity contribution in [3.8, 4) is 5.75 Å². The minimum absolute atomic E-state index is 0.330. The predicted octanol–water partition coefficient (Wildman–Crippen LogP) is 3.30. The summed E-state index contributed by atoms with van der Waals surface area (Å²) in [7, 11) is 1.67. The Labute approximate surface area is 117 Å². The number of aromatic hydroxyl groups is 1. The molecular weight excluding hydrogens is 260 g/mol. The van der Waals surface area contributed by atoms with E-state index in [1.807, 2.05) is 30.3 Å². The Balaban J connectivity index is 1.96. The van der Waals surface area contributed by atoms with Crippen LogP contribution in [0.4, 0.5) is 0 Å². The van der Waals surface area contributed by atoms with Gasteiger partial charge in [-0.3, -0.25) is 0 Å². The first-order valence-corrected chi connectivity index (χ1v) is 7.21. The average Bonchev–Trinajstić information content (AvgIpc) is 2.45. The van der Waals surface area contributed by atoms with E-state index in [0.29, 0.717) is 25.6 Å². The van der Waals surface area contributed by atoms with Crippen LogP contribution >= 0.6 is 11.8 Å². The lowest BCUT2D eigenvalue weighted by molar-refractivity contribution is 0.0790. The Morgan fingerprint density at radius 1 is 1.00 bits per heavy atom. The summed E-state index contributed by atoms with van der Waals surface area (Å²) in [5, 5.41) is 11.8. The van der Waals surface area contributed by atoms with Gasteiger partial charge in [-0.25, -0.2) is 0 Å². The molecule has 102 valence electrons. The van der Waals surface area contributed by atoms with Gasteiger partial charge in [-0.1, -0.05) is 24.3 Å². The van der Waals surface area contributed by atoms with Gasteiger partial charge in [0.25, 0.3) is 0 Å². The van der Waals surface area contributed by atoms with Crippen LogP contribution < -0.4 is 0 Å². The lowest BCUT2D eigenvalue weighted by Gasteiger charge is -2.08. The van der Waals surface area contributed by atoms with Crippen LogP contribution in [0.3, 0.4) is 0 Å². The number of phenolic OH excluding ortho intramolecular Hbond substituents is 1. The van der Waals surface area contributed by atoms with E-state index in [0.717, 1.165) is 16.5 Å². The molecule has 0 aromatic heterocycles. The smallest absolute Gasteiger partial charge is 0.123 e. The molecule has 0 radical (unpaired) electrons. The third kappa shape index (κ3) is 3.86. The van der Waals surface area contributed by atoms with Gasteiger partial charge in [-0.15, -0.1) is 11.8 Å². The highest BCUT2D eigenvalue weighted by Crippen LogP contribution is 2.33. The molecule has 0 aliphatic heterocycles. The second-order valence-corrected chi connectivity index (χ2v) is 5.22. The van der Waals surface area contributed by atoms with Gasteiger partial charge in [0.1, 0.15) is 5.75 Å². The molecule has 0 heterocycles. The molecule has 0 amide bonds. The maximum absolute atomic E-state index is 9.82. The van der Waals surface area contributed by atoms with Crippen molar-refractivity contribution in [1.82, 2.24) is 0 Å². The molecule has 0 aliphatic carbocycles. The van der Waals surface area contributed by atoms with Crippen LogP contribution in [0.5, 0.6) is 5.75 Å². The molecule has 2 rings (SSSR count). The van der Waals surface area contributed by atoms with Crippen LogP contribution in [0.25, 0.3) is 10.8 Å². The first kappa shape index (κ1) is 14.2. The number of hydrogen-bond acceptors (Lipinski definition) is 4. The fourth-order valence-electron chi connectivity index (χ4n) is 1.84. The molecule has 2 aromatic rings. The predicted molar refractivity (Wildman–Crippen MR) is 79.0 cm³/mol. The number of hydrogen-bond donors (Lipinski definition) is 1. The van der Waals surface area contributed by atoms with Gasteiger partial charge in [0.2, 0.25) is 0 Å². The van der Waals surface area contributed by atoms with E-state index in [1.54, 1.807) is 24.9 Å². The number of rotatable bonds is 7. The van der Waals surface area contributed by atoms with E-state index in [-0.39, 0.29) is 0 Å². The summed E-state index contributed by atoms with van der Waals surface area (Å²) >= 11 is 1.74. The van der Waals surface area contributed by atoms with Gasteiger partial charge in [0, 0.05) is 23.1 Å². The normalized spacial score (nSPS) is 11.0. The van der Waals surface area contributed by atoms with E-state index in [1.165, 1.54) is 4.90 Å². The summed E-state index contributed by atoms with van der Waals surface area (Å²) in [6.45, 7) is 1.96. The Kier molecular flexibility index (Phi) is 5.51. The molecule has 3 nitrogen and oxygen atoms in total. The molecule has 0 fully saturated rings. The fourth-order valence-corrected chi connectivity index (χ4v) is 2.76. The highest BCUT2D eigenvalue weighted by Gasteiger charge is 2.04. The molecule has 0 atom stereocenters. The third-order valence-corrected chi connectivity index (χ3v) is 3.82. The molecule has 0 bridgehead atoms. The summed E-state index contributed by atoms with van der Waals surface area (Å²) < 4.78 is 10.4. The zero-order chi connectivity index (χ0) is 13.5. The second-order valence-electron chi connectivity index (χ2n) is 4.08. The topological polar surface area (TPSA) is 38.7 Å². The van der Waals surface area contributed by atoms with Gasteiger partial charge in [0.15, 0.2) is 0 Å². The molecule has 2 aromatic carbocycles. The van der Waals surface area contributed by atoms with Crippen LogP contribution in [0.15, 0.2) is 41.3 Å². The van der Waals surface area contributed by atoms with Crippen LogP contribution in [0.2, 0.25) is 0 Å². The number of benzene rings is 2. The first-order valence-electron chi connectivity index (χ1n) is 6.23. The Bertz CT molecular complexity index is 528. The minimum Gasteiger partial charge on any atom is -0.507 e. The van der Waals surface area contributed by atoms with Gasteiger partial charge >= 0.3 is 0 Å². The van der Waals surface area contributed by atoms with Gasteiger partial charge in [-0.05, 0) is 17.5 Å². The standard InChI is InChI=1S/C15H18O3S/c1-17-8-9-18-10-11-19-15-7-6-14(16)12-4-2-3-5-13(12)15/h2-7,16H,8-11H2,1H3. The molecule has 19 heavy (non-hydrogen) atoms. The van der Waals surface area contributed by atoms with Crippen molar-refractivity contribution in [3.05, 3.63) is 36.4 Å². The monoisotopic (exact) mass is 278 g/mol. The van der Waals surface area contributed by atoms with Crippen molar-refractivity contribution in [2.45, 2.75) is 4.90 Å². The van der Waals surface area contributed by atoms with Crippen molar-refractivity contribution in [3.63, 3.8) is 0 Å². The number of phenols is 1. The number of methoxy groups -OCH3 is 1. The fraction of sp³-hybridized carbons (Fsp3) is 0.333. The molecule has 0 spiro atoms. The summed E-state index contributed by atoms with van der Waals surface area (Å²) in [6, 6.07) is 11.6. The van der Waals surface area contributed by atoms with Gasteiger partial charge in [-0.2, -0.15) is 0 Å². The summed E-state index contributed by atoms with van der Waals surface area (Å²) in [6.07, 6.45) is 0. The highest BCUT2D eigenvalue weighted by atomic mass is 32.2. The molecule has 0 saturated carbocycles. The molecule has 4 heteroatoms. The molecule has 0 unspecified atom stereocenters. The van der Waals surface area contributed by atoms with E-state index in [9.17, 15) is 5.11 Å². The highest BCUT2D eigenvalue weighted by molar-refractivity contribution is 7.99. The average molecular weight is 278 g/mol. The summed E-state index contributed by atoms with van der Waals surface area (Å²) in [5.41, 5.74) is 0. The minimum atomic E-state index is 0.330. The summed E-state index contributed by atoms with van der Waals surface area (Å²) in [5.74, 6) is 1.22. The Hall–Kier alpha value is -1.23. The lowest BCUT2D eigenvalue weighted by Crippen LogP contribution is -2.04. The SMILES string of the molecule is COCCOCCSc1ccc(O)c2ccccc12. The lowest BCUT2D eigenvalue weighted by atomic mass is 10.1. The molecule has 0 aliphatic rings. The zero-order valence-electron chi connectivity index (χ0n) is 11.0. The zero-order valence-corrected chi connectivity index (χ0v) is 11.8. The van der Waals surface area contributed by atoms with Crippen molar-refractivity contribution >= 4 is 22.5 Å². The van der Waals surface area contributed by atoms with Crippen LogP contribution in [0.1, 0.15) is 0 Å². The van der Waals surface area contributed by atoms with E-state index < -0.39 is 0 Å². The van der Waals surface area contributed by atoms with Crippen molar-refractivity contribution in [2.24, 2.45) is 0 Å². The van der Waals surface area contributed by atoms with Crippen molar-refractivity contribution in [2.75, 3.05) is 32.7 Å². The van der Waals surface area contributed by atoms with Crippen LogP contribution in [0, 0.1) is 0 Å². The maximum atomic E-state index is 9.82. The third-order valence-electron chi connectivity index (χ3n) is 2.78. The van der Waals surface area contributed by atoms with E-state index in [2.05, 4.69) is 0 Å². The quantitative estimate of drug-likeness (QED) is 0.623. The first-order chi connectivity index (χ1) is 9.33. The number of ether oxygens (including phenoxy) is 2. The van der Waals surface area contributed by atoms with E-state index in [4.69, 9.17) is 9.47 Å². The van der Waals surface area contributed by atoms with Crippen molar-refractivity contribution in [1.29, 1.82) is 0 Å². The maximum Gasteiger partial charge on any atom is 0.123 e. The largest absolute Gasteiger partial charge is 0.507 e. The van der Waals surface area contributed by atoms with Crippen molar-refractivity contribution < 1.29 is 14.6 Å². The molecule has 0 saturated heterocycles. The molecule has 1 N–H and O–H groups in total.